The quantitative estimate of drug-likeness (QED) is 0.633. The first-order chi connectivity index (χ1) is 12.7. The third-order valence-electron chi connectivity index (χ3n) is 5.49. The van der Waals surface area contributed by atoms with Crippen LogP contribution in [0.3, 0.4) is 0 Å². The van der Waals surface area contributed by atoms with Gasteiger partial charge in [-0.25, -0.2) is 0 Å². The minimum absolute atomic E-state index is 0.397. The van der Waals surface area contributed by atoms with Crippen molar-refractivity contribution in [3.63, 3.8) is 0 Å². The molecule has 1 heteroatoms. The summed E-state index contributed by atoms with van der Waals surface area (Å²) in [5, 5.41) is 0. The number of para-hydroxylation sites is 1. The lowest BCUT2D eigenvalue weighted by atomic mass is 9.65. The van der Waals surface area contributed by atoms with Crippen LogP contribution in [-0.4, -0.2) is 0 Å². The summed E-state index contributed by atoms with van der Waals surface area (Å²) in [7, 11) is 0. The van der Waals surface area contributed by atoms with Crippen LogP contribution in [0.4, 0.5) is 0 Å². The number of benzene rings is 2. The van der Waals surface area contributed by atoms with Gasteiger partial charge in [-0.15, -0.1) is 0 Å². The van der Waals surface area contributed by atoms with Gasteiger partial charge in [0.25, 0.3) is 0 Å². The Balaban J connectivity index is 2.22. The average molecular weight is 338 g/mol. The van der Waals surface area contributed by atoms with Gasteiger partial charge < -0.3 is 4.74 Å². The Kier molecular flexibility index (Phi) is 3.81. The van der Waals surface area contributed by atoms with E-state index in [1.54, 1.807) is 6.08 Å². The predicted octanol–water partition coefficient (Wildman–Crippen LogP) is 6.35. The molecule has 2 aromatic rings. The van der Waals surface area contributed by atoms with Crippen LogP contribution in [-0.2, 0) is 5.41 Å². The summed E-state index contributed by atoms with van der Waals surface area (Å²) in [5.74, 6) is 1.65. The van der Waals surface area contributed by atoms with Gasteiger partial charge in [0.15, 0.2) is 0 Å². The Morgan fingerprint density at radius 3 is 2.31 bits per heavy atom. The first-order valence-electron chi connectivity index (χ1n) is 8.91. The van der Waals surface area contributed by atoms with Gasteiger partial charge in [0.2, 0.25) is 0 Å². The molecule has 1 atom stereocenters. The third kappa shape index (κ3) is 1.91. The van der Waals surface area contributed by atoms with E-state index in [4.69, 9.17) is 4.74 Å². The lowest BCUT2D eigenvalue weighted by molar-refractivity contribution is 0.401. The summed E-state index contributed by atoms with van der Waals surface area (Å²) in [6.07, 6.45) is 8.02. The Morgan fingerprint density at radius 2 is 1.62 bits per heavy atom. The van der Waals surface area contributed by atoms with E-state index in [2.05, 4.69) is 75.6 Å². The molecule has 0 bridgehead atoms. The Morgan fingerprint density at radius 1 is 0.923 bits per heavy atom. The van der Waals surface area contributed by atoms with Gasteiger partial charge in [-0.2, -0.15) is 0 Å². The lowest BCUT2D eigenvalue weighted by Gasteiger charge is -2.40. The van der Waals surface area contributed by atoms with Crippen molar-refractivity contribution in [1.82, 2.24) is 0 Å². The molecule has 4 rings (SSSR count). The summed E-state index contributed by atoms with van der Waals surface area (Å²) in [5.41, 5.74) is 6.91. The van der Waals surface area contributed by atoms with Crippen LogP contribution in [0.5, 0.6) is 5.75 Å². The molecule has 0 fully saturated rings. The van der Waals surface area contributed by atoms with Crippen molar-refractivity contribution in [2.24, 2.45) is 0 Å². The van der Waals surface area contributed by atoms with Gasteiger partial charge in [0, 0.05) is 11.1 Å². The SMILES string of the molecule is C=CC1=C(C=C)C2(C(C)=C(C=CC)c3ccccc32)c2ccccc2O1. The van der Waals surface area contributed by atoms with Crippen molar-refractivity contribution < 1.29 is 4.74 Å². The van der Waals surface area contributed by atoms with Gasteiger partial charge in [-0.3, -0.25) is 0 Å². The highest BCUT2D eigenvalue weighted by atomic mass is 16.5. The summed E-state index contributed by atoms with van der Waals surface area (Å²) in [6, 6.07) is 16.9. The number of fused-ring (bicyclic) bond motifs is 4. The fourth-order valence-corrected chi connectivity index (χ4v) is 4.50. The van der Waals surface area contributed by atoms with Crippen molar-refractivity contribution in [2.45, 2.75) is 19.3 Å². The fourth-order valence-electron chi connectivity index (χ4n) is 4.50. The van der Waals surface area contributed by atoms with Crippen LogP contribution in [0.1, 0.15) is 30.5 Å². The van der Waals surface area contributed by atoms with Crippen LogP contribution in [0.15, 0.2) is 103 Å². The van der Waals surface area contributed by atoms with Gasteiger partial charge in [0.1, 0.15) is 11.5 Å². The van der Waals surface area contributed by atoms with Gasteiger partial charge in [-0.05, 0) is 48.3 Å². The van der Waals surface area contributed by atoms with Crippen LogP contribution in [0.25, 0.3) is 5.57 Å². The second-order valence-corrected chi connectivity index (χ2v) is 6.62. The lowest BCUT2D eigenvalue weighted by Crippen LogP contribution is -2.34. The normalized spacial score (nSPS) is 21.0. The second-order valence-electron chi connectivity index (χ2n) is 6.62. The standard InChI is InChI=1S/C25H22O/c1-5-12-18-17(4)25(21-14-9-8-13-19(18)21)20(6-2)23(7-3)26-24-16-11-10-15-22(24)25/h5-16H,2-3H2,1,4H3. The van der Waals surface area contributed by atoms with Gasteiger partial charge in [0.05, 0.1) is 5.41 Å². The molecule has 0 saturated carbocycles. The molecule has 26 heavy (non-hydrogen) atoms. The molecule has 0 aromatic heterocycles. The molecule has 1 heterocycles. The van der Waals surface area contributed by atoms with E-state index in [9.17, 15) is 0 Å². The smallest absolute Gasteiger partial charge is 0.132 e. The fraction of sp³-hybridized carbons (Fsp3) is 0.120. The third-order valence-corrected chi connectivity index (χ3v) is 5.49. The van der Waals surface area contributed by atoms with Crippen molar-refractivity contribution in [3.05, 3.63) is 120 Å². The van der Waals surface area contributed by atoms with Crippen LogP contribution in [0.2, 0.25) is 0 Å². The van der Waals surface area contributed by atoms with Crippen LogP contribution in [0, 0.1) is 0 Å². The first-order valence-corrected chi connectivity index (χ1v) is 8.91. The van der Waals surface area contributed by atoms with E-state index in [1.807, 2.05) is 18.2 Å². The highest BCUT2D eigenvalue weighted by Gasteiger charge is 2.50. The molecule has 2 aromatic carbocycles. The van der Waals surface area contributed by atoms with E-state index in [0.717, 1.165) is 22.6 Å². The Bertz CT molecular complexity index is 1020. The number of hydrogen-bond donors (Lipinski definition) is 0. The average Bonchev–Trinajstić information content (AvgIpc) is 2.92. The number of hydrogen-bond acceptors (Lipinski definition) is 1. The maximum Gasteiger partial charge on any atom is 0.132 e. The maximum absolute atomic E-state index is 6.18. The Hall–Kier alpha value is -3.06. The molecule has 1 spiro atoms. The second kappa shape index (κ2) is 6.03. The molecule has 0 amide bonds. The highest BCUT2D eigenvalue weighted by molar-refractivity contribution is 5.91. The molecule has 0 saturated heterocycles. The molecule has 1 nitrogen and oxygen atoms in total. The van der Waals surface area contributed by atoms with E-state index in [0.29, 0.717) is 0 Å². The summed E-state index contributed by atoms with van der Waals surface area (Å²) < 4.78 is 6.18. The molecular formula is C25H22O. The monoisotopic (exact) mass is 338 g/mol. The Labute approximate surface area is 155 Å². The first kappa shape index (κ1) is 16.4. The maximum atomic E-state index is 6.18. The molecule has 128 valence electrons. The van der Waals surface area contributed by atoms with E-state index < -0.39 is 5.41 Å². The molecule has 0 N–H and O–H groups in total. The van der Waals surface area contributed by atoms with E-state index >= 15 is 0 Å². The van der Waals surface area contributed by atoms with Crippen molar-refractivity contribution in [3.8, 4) is 5.75 Å². The molecule has 1 aliphatic carbocycles. The minimum atomic E-state index is -0.397. The zero-order valence-electron chi connectivity index (χ0n) is 15.3. The minimum Gasteiger partial charge on any atom is -0.457 e. The van der Waals surface area contributed by atoms with Gasteiger partial charge >= 0.3 is 0 Å². The highest BCUT2D eigenvalue weighted by Crippen LogP contribution is 2.59. The molecule has 2 aliphatic rings. The van der Waals surface area contributed by atoms with Crippen LogP contribution < -0.4 is 4.74 Å². The largest absolute Gasteiger partial charge is 0.457 e. The van der Waals surface area contributed by atoms with Crippen molar-refractivity contribution in [1.29, 1.82) is 0 Å². The zero-order valence-corrected chi connectivity index (χ0v) is 15.3. The summed E-state index contributed by atoms with van der Waals surface area (Å²) >= 11 is 0. The van der Waals surface area contributed by atoms with E-state index in [1.165, 1.54) is 22.3 Å². The number of allylic oxidation sites excluding steroid dienone is 7. The van der Waals surface area contributed by atoms with E-state index in [-0.39, 0.29) is 0 Å². The van der Waals surface area contributed by atoms with Gasteiger partial charge in [-0.1, -0.05) is 73.9 Å². The topological polar surface area (TPSA) is 9.23 Å². The zero-order chi connectivity index (χ0) is 18.3. The summed E-state index contributed by atoms with van der Waals surface area (Å²) in [4.78, 5) is 0. The van der Waals surface area contributed by atoms with Crippen LogP contribution >= 0.6 is 0 Å². The van der Waals surface area contributed by atoms with Crippen molar-refractivity contribution >= 4 is 5.57 Å². The molecule has 1 aliphatic heterocycles. The molecule has 1 unspecified atom stereocenters. The molecular weight excluding hydrogens is 316 g/mol. The summed E-state index contributed by atoms with van der Waals surface area (Å²) in [6.45, 7) is 12.4. The predicted molar refractivity (Wildman–Crippen MR) is 109 cm³/mol. The van der Waals surface area contributed by atoms with Crippen molar-refractivity contribution in [2.75, 3.05) is 0 Å². The number of ether oxygens (including phenoxy) is 1. The number of rotatable bonds is 3. The molecule has 0 radical (unpaired) electrons.